The van der Waals surface area contributed by atoms with Crippen LogP contribution in [0.5, 0.6) is 0 Å². The Morgan fingerprint density at radius 1 is 1.48 bits per heavy atom. The van der Waals surface area contributed by atoms with Gasteiger partial charge >= 0.3 is 0 Å². The molecule has 1 amide bonds. The Morgan fingerprint density at radius 3 is 3.00 bits per heavy atom. The van der Waals surface area contributed by atoms with Crippen molar-refractivity contribution in [1.29, 1.82) is 0 Å². The number of carbonyl (C=O) groups is 1. The Balaban J connectivity index is 1.40. The Hall–Kier alpha value is -2.20. The topological polar surface area (TPSA) is 74.9 Å². The number of hydrogen-bond acceptors (Lipinski definition) is 5. The van der Waals surface area contributed by atoms with Gasteiger partial charge in [0, 0.05) is 57.7 Å². The molecule has 134 valence electrons. The molecule has 1 atom stereocenters. The largest absolute Gasteiger partial charge is 0.356 e. The van der Waals surface area contributed by atoms with Gasteiger partial charge in [-0.2, -0.15) is 15.3 Å². The quantitative estimate of drug-likeness (QED) is 0.731. The zero-order valence-electron chi connectivity index (χ0n) is 14.8. The predicted octanol–water partition coefficient (Wildman–Crippen LogP) is 1.71. The van der Waals surface area contributed by atoms with Crippen molar-refractivity contribution in [3.8, 4) is 12.3 Å². The maximum Gasteiger partial charge on any atom is 0.224 e. The molecule has 0 spiro atoms. The summed E-state index contributed by atoms with van der Waals surface area (Å²) in [6, 6.07) is 0. The first-order valence-electron chi connectivity index (χ1n) is 8.95. The minimum Gasteiger partial charge on any atom is -0.356 e. The zero-order valence-corrected chi connectivity index (χ0v) is 14.8. The molecule has 0 aromatic carbocycles. The molecule has 3 heterocycles. The van der Waals surface area contributed by atoms with Gasteiger partial charge in [0.05, 0.1) is 12.1 Å². The molecule has 7 nitrogen and oxygen atoms in total. The van der Waals surface area contributed by atoms with Crippen LogP contribution in [-0.4, -0.2) is 45.9 Å². The summed E-state index contributed by atoms with van der Waals surface area (Å²) in [5.74, 6) is 2.82. The van der Waals surface area contributed by atoms with Crippen LogP contribution in [0.2, 0.25) is 0 Å². The molecular weight excluding hydrogens is 316 g/mol. The fourth-order valence-electron chi connectivity index (χ4n) is 3.42. The van der Waals surface area contributed by atoms with E-state index in [2.05, 4.69) is 31.5 Å². The van der Waals surface area contributed by atoms with Gasteiger partial charge in [0.2, 0.25) is 5.91 Å². The second-order valence-electron chi connectivity index (χ2n) is 7.02. The molecule has 1 fully saturated rings. The number of likely N-dealkylation sites (tertiary alicyclic amines) is 1. The number of nitrogens with zero attached hydrogens (tertiary/aromatic N) is 5. The van der Waals surface area contributed by atoms with E-state index in [1.807, 2.05) is 24.1 Å². The summed E-state index contributed by atoms with van der Waals surface area (Å²) in [6.07, 6.45) is 13.4. The summed E-state index contributed by atoms with van der Waals surface area (Å²) >= 11 is 0. The SMILES string of the molecule is C#CCCC1(CCNC(=O)C2CCCN(Cc3cnn(C)c3)C2)N=N1. The normalized spacial score (nSPS) is 21.7. The van der Waals surface area contributed by atoms with E-state index >= 15 is 0 Å². The molecule has 1 N–H and O–H groups in total. The number of amides is 1. The Morgan fingerprint density at radius 2 is 2.32 bits per heavy atom. The van der Waals surface area contributed by atoms with E-state index in [0.29, 0.717) is 13.0 Å². The highest BCUT2D eigenvalue weighted by Crippen LogP contribution is 2.36. The summed E-state index contributed by atoms with van der Waals surface area (Å²) in [6.45, 7) is 3.30. The molecular formula is C18H26N6O. The number of terminal acetylenes is 1. The van der Waals surface area contributed by atoms with Crippen LogP contribution in [0.15, 0.2) is 22.6 Å². The van der Waals surface area contributed by atoms with Gasteiger partial charge in [-0.05, 0) is 19.4 Å². The molecule has 0 aliphatic carbocycles. The lowest BCUT2D eigenvalue weighted by Crippen LogP contribution is -2.43. The first kappa shape index (κ1) is 17.6. The maximum absolute atomic E-state index is 12.5. The summed E-state index contributed by atoms with van der Waals surface area (Å²) in [7, 11) is 1.92. The van der Waals surface area contributed by atoms with Crippen molar-refractivity contribution in [1.82, 2.24) is 20.0 Å². The maximum atomic E-state index is 12.5. The highest BCUT2D eigenvalue weighted by molar-refractivity contribution is 5.78. The van der Waals surface area contributed by atoms with Gasteiger partial charge < -0.3 is 5.32 Å². The van der Waals surface area contributed by atoms with Crippen LogP contribution in [0.3, 0.4) is 0 Å². The van der Waals surface area contributed by atoms with E-state index in [9.17, 15) is 4.79 Å². The molecule has 1 unspecified atom stereocenters. The van der Waals surface area contributed by atoms with Gasteiger partial charge in [0.15, 0.2) is 5.66 Å². The minimum absolute atomic E-state index is 0.0557. The molecule has 1 aromatic heterocycles. The highest BCUT2D eigenvalue weighted by Gasteiger charge is 2.38. The molecule has 3 rings (SSSR count). The van der Waals surface area contributed by atoms with E-state index in [1.165, 1.54) is 5.56 Å². The monoisotopic (exact) mass is 342 g/mol. The lowest BCUT2D eigenvalue weighted by Gasteiger charge is -2.31. The van der Waals surface area contributed by atoms with Gasteiger partial charge in [0.25, 0.3) is 0 Å². The molecule has 2 aliphatic rings. The predicted molar refractivity (Wildman–Crippen MR) is 94.5 cm³/mol. The summed E-state index contributed by atoms with van der Waals surface area (Å²) < 4.78 is 1.81. The molecule has 0 radical (unpaired) electrons. The van der Waals surface area contributed by atoms with Crippen LogP contribution in [0.4, 0.5) is 0 Å². The minimum atomic E-state index is -0.321. The number of hydrogen-bond donors (Lipinski definition) is 1. The van der Waals surface area contributed by atoms with Crippen molar-refractivity contribution in [3.05, 3.63) is 18.0 Å². The smallest absolute Gasteiger partial charge is 0.224 e. The third kappa shape index (κ3) is 4.89. The first-order valence-corrected chi connectivity index (χ1v) is 8.95. The van der Waals surface area contributed by atoms with Crippen LogP contribution in [-0.2, 0) is 18.4 Å². The first-order chi connectivity index (χ1) is 12.1. The van der Waals surface area contributed by atoms with Gasteiger partial charge in [-0.25, -0.2) is 0 Å². The van der Waals surface area contributed by atoms with Crippen molar-refractivity contribution in [3.63, 3.8) is 0 Å². The van der Waals surface area contributed by atoms with Crippen LogP contribution >= 0.6 is 0 Å². The fourth-order valence-corrected chi connectivity index (χ4v) is 3.42. The van der Waals surface area contributed by atoms with E-state index in [4.69, 9.17) is 6.42 Å². The Labute approximate surface area is 148 Å². The summed E-state index contributed by atoms with van der Waals surface area (Å²) in [5, 5.41) is 15.5. The zero-order chi connectivity index (χ0) is 17.7. The Bertz CT molecular complexity index is 667. The van der Waals surface area contributed by atoms with Gasteiger partial charge in [-0.3, -0.25) is 14.4 Å². The molecule has 1 aromatic rings. The third-order valence-corrected chi connectivity index (χ3v) is 4.92. The average Bonchev–Trinajstić information content (AvgIpc) is 3.27. The summed E-state index contributed by atoms with van der Waals surface area (Å²) in [5.41, 5.74) is 0.870. The average molecular weight is 342 g/mol. The van der Waals surface area contributed by atoms with Crippen molar-refractivity contribution in [2.45, 2.75) is 44.3 Å². The number of aryl methyl sites for hydroxylation is 1. The fraction of sp³-hybridized carbons (Fsp3) is 0.667. The molecule has 0 saturated carbocycles. The number of piperidine rings is 1. The number of nitrogens with one attached hydrogen (secondary N) is 1. The van der Waals surface area contributed by atoms with E-state index in [-0.39, 0.29) is 17.5 Å². The number of carbonyl (C=O) groups excluding carboxylic acids is 1. The molecule has 7 heteroatoms. The summed E-state index contributed by atoms with van der Waals surface area (Å²) in [4.78, 5) is 14.8. The molecule has 25 heavy (non-hydrogen) atoms. The van der Waals surface area contributed by atoms with Crippen LogP contribution in [0, 0.1) is 18.3 Å². The van der Waals surface area contributed by atoms with Crippen LogP contribution in [0.1, 0.15) is 37.7 Å². The second kappa shape index (κ2) is 7.79. The van der Waals surface area contributed by atoms with Gasteiger partial charge in [-0.1, -0.05) is 0 Å². The molecule has 1 saturated heterocycles. The van der Waals surface area contributed by atoms with E-state index in [1.54, 1.807) is 0 Å². The van der Waals surface area contributed by atoms with E-state index in [0.717, 1.165) is 45.3 Å². The number of rotatable bonds is 8. The van der Waals surface area contributed by atoms with Crippen LogP contribution < -0.4 is 5.32 Å². The lowest BCUT2D eigenvalue weighted by atomic mass is 9.96. The van der Waals surface area contributed by atoms with Crippen molar-refractivity contribution < 1.29 is 4.79 Å². The van der Waals surface area contributed by atoms with Crippen molar-refractivity contribution >= 4 is 5.91 Å². The van der Waals surface area contributed by atoms with Crippen molar-refractivity contribution in [2.24, 2.45) is 23.2 Å². The lowest BCUT2D eigenvalue weighted by molar-refractivity contribution is -0.126. The Kier molecular flexibility index (Phi) is 5.49. The number of aromatic nitrogens is 2. The van der Waals surface area contributed by atoms with E-state index < -0.39 is 0 Å². The second-order valence-corrected chi connectivity index (χ2v) is 7.02. The standard InChI is InChI=1S/C18H26N6O/c1-3-4-7-18(21-22-18)8-9-19-17(25)16-6-5-10-24(14-16)13-15-11-20-23(2)12-15/h1,11-12,16H,4-10,13-14H2,2H3,(H,19,25). The highest BCUT2D eigenvalue weighted by atomic mass is 16.1. The van der Waals surface area contributed by atoms with Crippen LogP contribution in [0.25, 0.3) is 0 Å². The van der Waals surface area contributed by atoms with Gasteiger partial charge in [0.1, 0.15) is 0 Å². The third-order valence-electron chi connectivity index (χ3n) is 4.92. The van der Waals surface area contributed by atoms with Gasteiger partial charge in [-0.15, -0.1) is 12.3 Å². The molecule has 0 bridgehead atoms. The molecule has 2 aliphatic heterocycles. The van der Waals surface area contributed by atoms with Crippen molar-refractivity contribution in [2.75, 3.05) is 19.6 Å².